The lowest BCUT2D eigenvalue weighted by molar-refractivity contribution is -0.156. The van der Waals surface area contributed by atoms with Gasteiger partial charge in [-0.1, -0.05) is 61.2 Å². The molecule has 0 fully saturated rings. The van der Waals surface area contributed by atoms with Gasteiger partial charge in [-0.05, 0) is 54.0 Å². The summed E-state index contributed by atoms with van der Waals surface area (Å²) in [5.74, 6) is 0.789. The highest BCUT2D eigenvalue weighted by atomic mass is 16.7. The summed E-state index contributed by atoms with van der Waals surface area (Å²) in [4.78, 5) is 24.0. The largest absolute Gasteiger partial charge is 0.497 e. The second-order valence-corrected chi connectivity index (χ2v) is 7.44. The van der Waals surface area contributed by atoms with Crippen LogP contribution in [0.15, 0.2) is 91.0 Å². The third-order valence-corrected chi connectivity index (χ3v) is 4.82. The standard InChI is InChI=1S/C28H26O5/c1-19(2)28(30)33-20(3)32-26-16-12-23(13-17-26)22-8-10-24(11-9-22)27(29)18-7-21-5-14-25(31-4)15-6-21/h5-18,20H,1H2,2-4H3/b18-7+. The van der Waals surface area contributed by atoms with Crippen LogP contribution >= 0.6 is 0 Å². The van der Waals surface area contributed by atoms with E-state index in [2.05, 4.69) is 6.58 Å². The molecule has 3 rings (SSSR count). The van der Waals surface area contributed by atoms with Gasteiger partial charge < -0.3 is 14.2 Å². The fourth-order valence-electron chi connectivity index (χ4n) is 3.00. The lowest BCUT2D eigenvalue weighted by Gasteiger charge is -2.15. The summed E-state index contributed by atoms with van der Waals surface area (Å²) in [5.41, 5.74) is 3.79. The molecule has 0 aromatic heterocycles. The third-order valence-electron chi connectivity index (χ3n) is 4.82. The first-order valence-electron chi connectivity index (χ1n) is 10.5. The molecule has 3 aromatic rings. The van der Waals surface area contributed by atoms with Gasteiger partial charge in [-0.2, -0.15) is 0 Å². The second-order valence-electron chi connectivity index (χ2n) is 7.44. The summed E-state index contributed by atoms with van der Waals surface area (Å²) < 4.78 is 15.9. The Morgan fingerprint density at radius 2 is 1.39 bits per heavy atom. The van der Waals surface area contributed by atoms with E-state index in [0.717, 1.165) is 22.4 Å². The molecule has 0 spiro atoms. The van der Waals surface area contributed by atoms with Crippen LogP contribution in [-0.4, -0.2) is 25.2 Å². The highest BCUT2D eigenvalue weighted by molar-refractivity contribution is 6.07. The van der Waals surface area contributed by atoms with Crippen molar-refractivity contribution in [2.24, 2.45) is 0 Å². The summed E-state index contributed by atoms with van der Waals surface area (Å²) >= 11 is 0. The number of hydrogen-bond donors (Lipinski definition) is 0. The molecule has 0 aliphatic rings. The first kappa shape index (κ1) is 23.5. The Morgan fingerprint density at radius 3 is 1.94 bits per heavy atom. The number of ether oxygens (including phenoxy) is 3. The highest BCUT2D eigenvalue weighted by Crippen LogP contribution is 2.24. The minimum atomic E-state index is -0.726. The molecule has 0 aliphatic carbocycles. The lowest BCUT2D eigenvalue weighted by Crippen LogP contribution is -2.21. The van der Waals surface area contributed by atoms with Gasteiger partial charge in [0.05, 0.1) is 7.11 Å². The number of methoxy groups -OCH3 is 1. The number of esters is 1. The van der Waals surface area contributed by atoms with Crippen LogP contribution in [0.5, 0.6) is 11.5 Å². The normalized spacial score (nSPS) is 11.6. The van der Waals surface area contributed by atoms with Gasteiger partial charge in [0.1, 0.15) is 11.5 Å². The summed E-state index contributed by atoms with van der Waals surface area (Å²) in [7, 11) is 1.62. The van der Waals surface area contributed by atoms with Crippen LogP contribution in [0.3, 0.4) is 0 Å². The number of benzene rings is 3. The maximum absolute atomic E-state index is 12.5. The summed E-state index contributed by atoms with van der Waals surface area (Å²) in [5, 5.41) is 0. The van der Waals surface area contributed by atoms with Crippen molar-refractivity contribution in [3.63, 3.8) is 0 Å². The van der Waals surface area contributed by atoms with Crippen LogP contribution in [0.4, 0.5) is 0 Å². The van der Waals surface area contributed by atoms with Gasteiger partial charge in [-0.25, -0.2) is 4.79 Å². The van der Waals surface area contributed by atoms with Crippen LogP contribution in [-0.2, 0) is 9.53 Å². The molecule has 33 heavy (non-hydrogen) atoms. The molecule has 168 valence electrons. The molecule has 0 N–H and O–H groups in total. The van der Waals surface area contributed by atoms with E-state index in [1.54, 1.807) is 57.4 Å². The van der Waals surface area contributed by atoms with Crippen LogP contribution in [0, 0.1) is 0 Å². The van der Waals surface area contributed by atoms with Gasteiger partial charge in [0.2, 0.25) is 6.29 Å². The molecule has 0 heterocycles. The first-order chi connectivity index (χ1) is 15.9. The van der Waals surface area contributed by atoms with Crippen LogP contribution in [0.1, 0.15) is 29.8 Å². The molecular weight excluding hydrogens is 416 g/mol. The molecule has 3 aromatic carbocycles. The van der Waals surface area contributed by atoms with Gasteiger partial charge in [0.15, 0.2) is 5.78 Å². The number of carbonyl (C=O) groups is 2. The fraction of sp³-hybridized carbons (Fsp3) is 0.143. The van der Waals surface area contributed by atoms with Crippen LogP contribution < -0.4 is 9.47 Å². The molecule has 5 nitrogen and oxygen atoms in total. The summed E-state index contributed by atoms with van der Waals surface area (Å²) in [6.45, 7) is 6.78. The van der Waals surface area contributed by atoms with Crippen molar-refractivity contribution in [2.45, 2.75) is 20.1 Å². The number of hydrogen-bond acceptors (Lipinski definition) is 5. The van der Waals surface area contributed by atoms with Crippen molar-refractivity contribution in [2.75, 3.05) is 7.11 Å². The quantitative estimate of drug-likeness (QED) is 0.173. The van der Waals surface area contributed by atoms with Crippen molar-refractivity contribution in [3.8, 4) is 22.6 Å². The molecule has 0 radical (unpaired) electrons. The zero-order valence-electron chi connectivity index (χ0n) is 18.9. The van der Waals surface area contributed by atoms with E-state index in [1.165, 1.54) is 0 Å². The molecule has 0 saturated heterocycles. The van der Waals surface area contributed by atoms with E-state index in [0.29, 0.717) is 16.9 Å². The summed E-state index contributed by atoms with van der Waals surface area (Å²) in [6, 6.07) is 22.3. The van der Waals surface area contributed by atoms with Gasteiger partial charge >= 0.3 is 5.97 Å². The Kier molecular flexibility index (Phi) is 7.82. The Hall–Kier alpha value is -4.12. The van der Waals surface area contributed by atoms with Gasteiger partial charge in [0.25, 0.3) is 0 Å². The predicted octanol–water partition coefficient (Wildman–Crippen LogP) is 6.10. The van der Waals surface area contributed by atoms with E-state index in [1.807, 2.05) is 48.5 Å². The Labute approximate surface area is 193 Å². The molecule has 0 saturated carbocycles. The first-order valence-corrected chi connectivity index (χ1v) is 10.5. The van der Waals surface area contributed by atoms with Crippen molar-refractivity contribution in [1.82, 2.24) is 0 Å². The predicted molar refractivity (Wildman–Crippen MR) is 129 cm³/mol. The minimum absolute atomic E-state index is 0.0700. The molecule has 0 aliphatic heterocycles. The summed E-state index contributed by atoms with van der Waals surface area (Å²) in [6.07, 6.45) is 2.62. The third kappa shape index (κ3) is 6.68. The van der Waals surface area contributed by atoms with E-state index in [-0.39, 0.29) is 5.78 Å². The van der Waals surface area contributed by atoms with Gasteiger partial charge in [-0.15, -0.1) is 0 Å². The van der Waals surface area contributed by atoms with Crippen molar-refractivity contribution < 1.29 is 23.8 Å². The number of allylic oxidation sites excluding steroid dienone is 1. The Bertz CT molecular complexity index is 1140. The second kappa shape index (κ2) is 11.0. The van der Waals surface area contributed by atoms with Crippen LogP contribution in [0.2, 0.25) is 0 Å². The number of carbonyl (C=O) groups excluding carboxylic acids is 2. The topological polar surface area (TPSA) is 61.8 Å². The van der Waals surface area contributed by atoms with Gasteiger partial charge in [0, 0.05) is 18.1 Å². The number of rotatable bonds is 9. The van der Waals surface area contributed by atoms with Crippen LogP contribution in [0.25, 0.3) is 17.2 Å². The maximum Gasteiger partial charge on any atom is 0.336 e. The van der Waals surface area contributed by atoms with E-state index in [4.69, 9.17) is 14.2 Å². The SMILES string of the molecule is C=C(C)C(=O)OC(C)Oc1ccc(-c2ccc(C(=O)/C=C/c3ccc(OC)cc3)cc2)cc1. The monoisotopic (exact) mass is 442 g/mol. The molecule has 1 atom stereocenters. The average molecular weight is 443 g/mol. The number of ketones is 1. The molecule has 1 unspecified atom stereocenters. The fourth-order valence-corrected chi connectivity index (χ4v) is 3.00. The lowest BCUT2D eigenvalue weighted by atomic mass is 10.0. The van der Waals surface area contributed by atoms with Crippen molar-refractivity contribution in [1.29, 1.82) is 0 Å². The Morgan fingerprint density at radius 1 is 0.848 bits per heavy atom. The van der Waals surface area contributed by atoms with Gasteiger partial charge in [-0.3, -0.25) is 4.79 Å². The molecule has 0 amide bonds. The zero-order chi connectivity index (χ0) is 23.8. The van der Waals surface area contributed by atoms with Crippen molar-refractivity contribution >= 4 is 17.8 Å². The highest BCUT2D eigenvalue weighted by Gasteiger charge is 2.11. The minimum Gasteiger partial charge on any atom is -0.497 e. The molecule has 0 bridgehead atoms. The average Bonchev–Trinajstić information content (AvgIpc) is 2.83. The molecular formula is C28H26O5. The maximum atomic E-state index is 12.5. The van der Waals surface area contributed by atoms with Crippen molar-refractivity contribution in [3.05, 3.63) is 102 Å². The smallest absolute Gasteiger partial charge is 0.336 e. The van der Waals surface area contributed by atoms with E-state index >= 15 is 0 Å². The Balaban J connectivity index is 1.60. The molecule has 5 heteroatoms. The zero-order valence-corrected chi connectivity index (χ0v) is 18.9. The van der Waals surface area contributed by atoms with E-state index < -0.39 is 12.3 Å². The van der Waals surface area contributed by atoms with E-state index in [9.17, 15) is 9.59 Å².